The van der Waals surface area contributed by atoms with E-state index < -0.39 is 0 Å². The Bertz CT molecular complexity index is 307. The highest BCUT2D eigenvalue weighted by atomic mass is 32.2. The zero-order valence-electron chi connectivity index (χ0n) is 9.78. The van der Waals surface area contributed by atoms with Crippen LogP contribution in [0.1, 0.15) is 24.8 Å². The Labute approximate surface area is 101 Å². The fourth-order valence-corrected chi connectivity index (χ4v) is 2.83. The lowest BCUT2D eigenvalue weighted by atomic mass is 9.97. The van der Waals surface area contributed by atoms with Gasteiger partial charge in [0, 0.05) is 18.1 Å². The number of hydrogen-bond acceptors (Lipinski definition) is 4. The maximum absolute atomic E-state index is 4.30. The van der Waals surface area contributed by atoms with Crippen molar-refractivity contribution >= 4 is 11.8 Å². The molecule has 3 nitrogen and oxygen atoms in total. The van der Waals surface area contributed by atoms with Crippen LogP contribution in [0.25, 0.3) is 0 Å². The van der Waals surface area contributed by atoms with Crippen LogP contribution in [-0.4, -0.2) is 28.8 Å². The topological polar surface area (TPSA) is 37.8 Å². The van der Waals surface area contributed by atoms with E-state index >= 15 is 0 Å². The molecule has 0 radical (unpaired) electrons. The zero-order chi connectivity index (χ0) is 11.2. The third-order valence-corrected chi connectivity index (χ3v) is 3.82. The van der Waals surface area contributed by atoms with Crippen molar-refractivity contribution in [2.75, 3.05) is 18.8 Å². The van der Waals surface area contributed by atoms with Crippen molar-refractivity contribution in [3.63, 3.8) is 0 Å². The molecule has 1 N–H and O–H groups in total. The standard InChI is InChI=1S/C12H19N3S/c1-10-7-14-12(15-8-10)16-6-4-11-3-2-5-13-9-11/h7-8,11,13H,2-6,9H2,1H3. The van der Waals surface area contributed by atoms with Crippen LogP contribution in [0.3, 0.4) is 0 Å². The normalized spacial score (nSPS) is 20.9. The van der Waals surface area contributed by atoms with Gasteiger partial charge in [0.15, 0.2) is 5.16 Å². The van der Waals surface area contributed by atoms with Gasteiger partial charge in [-0.3, -0.25) is 0 Å². The lowest BCUT2D eigenvalue weighted by Gasteiger charge is -2.22. The molecule has 2 heterocycles. The van der Waals surface area contributed by atoms with Crippen molar-refractivity contribution in [3.8, 4) is 0 Å². The molecular formula is C12H19N3S. The molecule has 0 amide bonds. The summed E-state index contributed by atoms with van der Waals surface area (Å²) in [6, 6.07) is 0. The first-order valence-corrected chi connectivity index (χ1v) is 6.95. The molecule has 0 spiro atoms. The fourth-order valence-electron chi connectivity index (χ4n) is 1.94. The van der Waals surface area contributed by atoms with Crippen LogP contribution >= 0.6 is 11.8 Å². The molecule has 88 valence electrons. The third-order valence-electron chi connectivity index (χ3n) is 2.91. The first-order chi connectivity index (χ1) is 7.84. The Morgan fingerprint density at radius 3 is 2.94 bits per heavy atom. The molecule has 2 rings (SSSR count). The summed E-state index contributed by atoms with van der Waals surface area (Å²) >= 11 is 1.77. The average Bonchev–Trinajstić information content (AvgIpc) is 2.33. The number of nitrogens with zero attached hydrogens (tertiary/aromatic N) is 2. The molecule has 1 aliphatic heterocycles. The van der Waals surface area contributed by atoms with Crippen LogP contribution in [0, 0.1) is 12.8 Å². The minimum absolute atomic E-state index is 0.853. The summed E-state index contributed by atoms with van der Waals surface area (Å²) in [5.41, 5.74) is 1.13. The second-order valence-corrected chi connectivity index (χ2v) is 5.45. The summed E-state index contributed by atoms with van der Waals surface area (Å²) < 4.78 is 0. The zero-order valence-corrected chi connectivity index (χ0v) is 10.6. The van der Waals surface area contributed by atoms with E-state index in [0.29, 0.717) is 0 Å². The molecule has 1 aromatic rings. The molecule has 0 aromatic carbocycles. The maximum atomic E-state index is 4.30. The average molecular weight is 237 g/mol. The largest absolute Gasteiger partial charge is 0.316 e. The number of aromatic nitrogens is 2. The minimum Gasteiger partial charge on any atom is -0.316 e. The van der Waals surface area contributed by atoms with Gasteiger partial charge in [-0.25, -0.2) is 9.97 Å². The predicted molar refractivity (Wildman–Crippen MR) is 67.7 cm³/mol. The molecular weight excluding hydrogens is 218 g/mol. The van der Waals surface area contributed by atoms with Gasteiger partial charge in [0.1, 0.15) is 0 Å². The van der Waals surface area contributed by atoms with Gasteiger partial charge in [0.05, 0.1) is 0 Å². The Balaban J connectivity index is 1.69. The van der Waals surface area contributed by atoms with Gasteiger partial charge in [-0.1, -0.05) is 11.8 Å². The van der Waals surface area contributed by atoms with E-state index in [1.54, 1.807) is 11.8 Å². The monoisotopic (exact) mass is 237 g/mol. The Hall–Kier alpha value is -0.610. The molecule has 1 unspecified atom stereocenters. The van der Waals surface area contributed by atoms with Gasteiger partial charge in [-0.15, -0.1) is 0 Å². The van der Waals surface area contributed by atoms with Crippen molar-refractivity contribution < 1.29 is 0 Å². The number of rotatable bonds is 4. The first-order valence-electron chi connectivity index (χ1n) is 5.97. The van der Waals surface area contributed by atoms with E-state index in [9.17, 15) is 0 Å². The molecule has 4 heteroatoms. The quantitative estimate of drug-likeness (QED) is 0.644. The van der Waals surface area contributed by atoms with Crippen molar-refractivity contribution in [2.24, 2.45) is 5.92 Å². The smallest absolute Gasteiger partial charge is 0.187 e. The number of piperidine rings is 1. The third kappa shape index (κ3) is 3.76. The highest BCUT2D eigenvalue weighted by molar-refractivity contribution is 7.99. The number of thioether (sulfide) groups is 1. The van der Waals surface area contributed by atoms with Crippen molar-refractivity contribution in [1.29, 1.82) is 0 Å². The summed E-state index contributed by atoms with van der Waals surface area (Å²) in [6.07, 6.45) is 7.75. The summed E-state index contributed by atoms with van der Waals surface area (Å²) in [7, 11) is 0. The summed E-state index contributed by atoms with van der Waals surface area (Å²) in [5.74, 6) is 1.99. The molecule has 0 aliphatic carbocycles. The van der Waals surface area contributed by atoms with Crippen LogP contribution in [0.4, 0.5) is 0 Å². The van der Waals surface area contributed by atoms with Crippen LogP contribution in [-0.2, 0) is 0 Å². The molecule has 1 aliphatic rings. The van der Waals surface area contributed by atoms with Gasteiger partial charge in [0.25, 0.3) is 0 Å². The SMILES string of the molecule is Cc1cnc(SCCC2CCCNC2)nc1. The van der Waals surface area contributed by atoms with E-state index in [0.717, 1.165) is 22.4 Å². The van der Waals surface area contributed by atoms with Gasteiger partial charge in [0.2, 0.25) is 0 Å². The van der Waals surface area contributed by atoms with E-state index in [2.05, 4.69) is 15.3 Å². The van der Waals surface area contributed by atoms with E-state index in [-0.39, 0.29) is 0 Å². The van der Waals surface area contributed by atoms with Crippen LogP contribution in [0.2, 0.25) is 0 Å². The molecule has 1 fully saturated rings. The number of aryl methyl sites for hydroxylation is 1. The second-order valence-electron chi connectivity index (χ2n) is 4.39. The van der Waals surface area contributed by atoms with Gasteiger partial charge in [-0.2, -0.15) is 0 Å². The van der Waals surface area contributed by atoms with Crippen molar-refractivity contribution in [1.82, 2.24) is 15.3 Å². The second kappa shape index (κ2) is 6.21. The molecule has 1 saturated heterocycles. The highest BCUT2D eigenvalue weighted by Crippen LogP contribution is 2.20. The molecule has 0 bridgehead atoms. The Morgan fingerprint density at radius 2 is 2.25 bits per heavy atom. The first kappa shape index (κ1) is 11.9. The number of hydrogen-bond donors (Lipinski definition) is 1. The van der Waals surface area contributed by atoms with Crippen LogP contribution in [0.5, 0.6) is 0 Å². The van der Waals surface area contributed by atoms with Crippen LogP contribution in [0.15, 0.2) is 17.6 Å². The predicted octanol–water partition coefficient (Wildman–Crippen LogP) is 2.27. The molecule has 1 aromatic heterocycles. The van der Waals surface area contributed by atoms with Crippen molar-refractivity contribution in [2.45, 2.75) is 31.3 Å². The van der Waals surface area contributed by atoms with E-state index in [4.69, 9.17) is 0 Å². The van der Waals surface area contributed by atoms with Gasteiger partial charge in [-0.05, 0) is 50.8 Å². The van der Waals surface area contributed by atoms with E-state index in [1.807, 2.05) is 19.3 Å². The molecule has 16 heavy (non-hydrogen) atoms. The fraction of sp³-hybridized carbons (Fsp3) is 0.667. The summed E-state index contributed by atoms with van der Waals surface area (Å²) in [5, 5.41) is 4.36. The van der Waals surface area contributed by atoms with Gasteiger partial charge >= 0.3 is 0 Å². The molecule has 0 saturated carbocycles. The summed E-state index contributed by atoms with van der Waals surface area (Å²) in [6.45, 7) is 4.40. The molecule has 1 atom stereocenters. The van der Waals surface area contributed by atoms with Crippen molar-refractivity contribution in [3.05, 3.63) is 18.0 Å². The van der Waals surface area contributed by atoms with E-state index in [1.165, 1.54) is 32.4 Å². The number of nitrogens with one attached hydrogen (secondary N) is 1. The van der Waals surface area contributed by atoms with Crippen LogP contribution < -0.4 is 5.32 Å². The minimum atomic E-state index is 0.853. The Kier molecular flexibility index (Phi) is 4.60. The lowest BCUT2D eigenvalue weighted by molar-refractivity contribution is 0.371. The Morgan fingerprint density at radius 1 is 1.44 bits per heavy atom. The summed E-state index contributed by atoms with van der Waals surface area (Å²) in [4.78, 5) is 8.59. The van der Waals surface area contributed by atoms with Gasteiger partial charge < -0.3 is 5.32 Å². The highest BCUT2D eigenvalue weighted by Gasteiger charge is 2.12. The lowest BCUT2D eigenvalue weighted by Crippen LogP contribution is -2.29. The maximum Gasteiger partial charge on any atom is 0.187 e.